The van der Waals surface area contributed by atoms with Crippen molar-refractivity contribution in [1.29, 1.82) is 0 Å². The summed E-state index contributed by atoms with van der Waals surface area (Å²) in [6.07, 6.45) is -7.37. The fourth-order valence-corrected chi connectivity index (χ4v) is 3.40. The Kier molecular flexibility index (Phi) is 5.87. The summed E-state index contributed by atoms with van der Waals surface area (Å²) in [5.74, 6) is -0.662. The minimum atomic E-state index is -4.65. The molecule has 0 atom stereocenters. The highest BCUT2D eigenvalue weighted by atomic mass is 19.4. The predicted molar refractivity (Wildman–Crippen MR) is 112 cm³/mol. The number of rotatable bonds is 4. The standard InChI is InChI=1S/C22H16F6N6O/c1-12-9-19(34(32-12)17-6-4-3-5-16(17)22(26,27)28)31-20(35)15-11-30-33(13(15)2)18-8-7-14(10-29-18)21(23,24)25/h3-11H,1-2H3,(H,31,35). The first-order valence-electron chi connectivity index (χ1n) is 9.99. The van der Waals surface area contributed by atoms with Crippen LogP contribution < -0.4 is 5.32 Å². The molecule has 0 fully saturated rings. The number of anilines is 1. The van der Waals surface area contributed by atoms with Gasteiger partial charge in [0.1, 0.15) is 5.82 Å². The Hall–Kier alpha value is -4.16. The molecule has 4 aromatic rings. The second-order valence-corrected chi connectivity index (χ2v) is 7.51. The molecule has 0 aliphatic carbocycles. The molecule has 3 heterocycles. The zero-order valence-electron chi connectivity index (χ0n) is 18.1. The van der Waals surface area contributed by atoms with Crippen LogP contribution >= 0.6 is 0 Å². The minimum absolute atomic E-state index is 0.0102. The third-order valence-corrected chi connectivity index (χ3v) is 5.06. The summed E-state index contributed by atoms with van der Waals surface area (Å²) in [4.78, 5) is 16.7. The Morgan fingerprint density at radius 1 is 0.914 bits per heavy atom. The zero-order chi connectivity index (χ0) is 25.5. The SMILES string of the molecule is Cc1cc(NC(=O)c2cnn(-c3ccc(C(F)(F)F)cn3)c2C)n(-c2ccccc2C(F)(F)F)n1. The average Bonchev–Trinajstić information content (AvgIpc) is 3.34. The molecule has 7 nitrogen and oxygen atoms in total. The lowest BCUT2D eigenvalue weighted by Gasteiger charge is -2.15. The summed E-state index contributed by atoms with van der Waals surface area (Å²) in [6.45, 7) is 3.06. The number of amides is 1. The number of alkyl halides is 6. The van der Waals surface area contributed by atoms with E-state index >= 15 is 0 Å². The van der Waals surface area contributed by atoms with Crippen molar-refractivity contribution in [3.8, 4) is 11.5 Å². The van der Waals surface area contributed by atoms with Crippen LogP contribution in [0.5, 0.6) is 0 Å². The van der Waals surface area contributed by atoms with Crippen molar-refractivity contribution in [2.75, 3.05) is 5.32 Å². The van der Waals surface area contributed by atoms with Crippen LogP contribution in [0, 0.1) is 13.8 Å². The largest absolute Gasteiger partial charge is 0.418 e. The van der Waals surface area contributed by atoms with Gasteiger partial charge >= 0.3 is 12.4 Å². The number of pyridine rings is 1. The number of carbonyl (C=O) groups excluding carboxylic acids is 1. The van der Waals surface area contributed by atoms with E-state index in [4.69, 9.17) is 0 Å². The van der Waals surface area contributed by atoms with E-state index in [9.17, 15) is 31.1 Å². The third kappa shape index (κ3) is 4.74. The van der Waals surface area contributed by atoms with E-state index in [1.807, 2.05) is 0 Å². The second-order valence-electron chi connectivity index (χ2n) is 7.51. The Morgan fingerprint density at radius 3 is 2.26 bits per heavy atom. The summed E-state index contributed by atoms with van der Waals surface area (Å²) in [5, 5.41) is 10.6. The van der Waals surface area contributed by atoms with Gasteiger partial charge in [0.2, 0.25) is 0 Å². The molecule has 35 heavy (non-hydrogen) atoms. The number of nitrogens with one attached hydrogen (secondary N) is 1. The van der Waals surface area contributed by atoms with Gasteiger partial charge in [-0.2, -0.15) is 36.5 Å². The molecule has 0 saturated heterocycles. The van der Waals surface area contributed by atoms with Gasteiger partial charge in [-0.15, -0.1) is 0 Å². The average molecular weight is 494 g/mol. The van der Waals surface area contributed by atoms with Gasteiger partial charge in [0.25, 0.3) is 5.91 Å². The summed E-state index contributed by atoms with van der Waals surface area (Å²) >= 11 is 0. The number of halogens is 6. The molecule has 0 saturated carbocycles. The smallest absolute Gasteiger partial charge is 0.306 e. The molecule has 3 aromatic heterocycles. The third-order valence-electron chi connectivity index (χ3n) is 5.06. The van der Waals surface area contributed by atoms with Crippen molar-refractivity contribution in [1.82, 2.24) is 24.5 Å². The van der Waals surface area contributed by atoms with Gasteiger partial charge in [0.15, 0.2) is 5.82 Å². The van der Waals surface area contributed by atoms with Crippen molar-refractivity contribution in [2.45, 2.75) is 26.2 Å². The Morgan fingerprint density at radius 2 is 1.63 bits per heavy atom. The maximum atomic E-state index is 13.5. The van der Waals surface area contributed by atoms with E-state index in [0.29, 0.717) is 11.9 Å². The zero-order valence-corrected chi connectivity index (χ0v) is 18.1. The lowest BCUT2D eigenvalue weighted by molar-refractivity contribution is -0.138. The van der Waals surface area contributed by atoms with Crippen molar-refractivity contribution < 1.29 is 31.1 Å². The van der Waals surface area contributed by atoms with Crippen LogP contribution in [0.4, 0.5) is 32.2 Å². The fourth-order valence-electron chi connectivity index (χ4n) is 3.40. The highest BCUT2D eigenvalue weighted by molar-refractivity contribution is 6.04. The lowest BCUT2D eigenvalue weighted by atomic mass is 10.1. The molecular formula is C22H16F6N6O. The maximum Gasteiger partial charge on any atom is 0.418 e. The molecule has 4 rings (SSSR count). The van der Waals surface area contributed by atoms with Crippen LogP contribution in [0.25, 0.3) is 11.5 Å². The molecule has 182 valence electrons. The van der Waals surface area contributed by atoms with Gasteiger partial charge in [0.05, 0.1) is 40.0 Å². The summed E-state index contributed by atoms with van der Waals surface area (Å²) in [5.41, 5.74) is -1.49. The summed E-state index contributed by atoms with van der Waals surface area (Å²) < 4.78 is 81.0. The number of para-hydroxylation sites is 1. The van der Waals surface area contributed by atoms with Gasteiger partial charge in [0, 0.05) is 12.3 Å². The maximum absolute atomic E-state index is 13.5. The van der Waals surface area contributed by atoms with E-state index in [1.165, 1.54) is 42.1 Å². The van der Waals surface area contributed by atoms with E-state index in [0.717, 1.165) is 22.9 Å². The van der Waals surface area contributed by atoms with E-state index in [1.54, 1.807) is 6.92 Å². The molecule has 1 N–H and O–H groups in total. The van der Waals surface area contributed by atoms with Crippen molar-refractivity contribution in [3.63, 3.8) is 0 Å². The number of nitrogens with zero attached hydrogens (tertiary/aromatic N) is 5. The molecule has 0 aliphatic rings. The predicted octanol–water partition coefficient (Wildman–Crippen LogP) is 5.36. The minimum Gasteiger partial charge on any atom is -0.306 e. The fraction of sp³-hybridized carbons (Fsp3) is 0.182. The number of aryl methyl sites for hydroxylation is 1. The normalized spacial score (nSPS) is 12.1. The molecule has 0 spiro atoms. The van der Waals surface area contributed by atoms with E-state index in [-0.39, 0.29) is 28.6 Å². The first-order chi connectivity index (χ1) is 16.4. The molecule has 13 heteroatoms. The molecule has 1 amide bonds. The second kappa shape index (κ2) is 8.56. The van der Waals surface area contributed by atoms with Gasteiger partial charge in [-0.25, -0.2) is 14.3 Å². The first-order valence-corrected chi connectivity index (χ1v) is 9.99. The summed E-state index contributed by atoms with van der Waals surface area (Å²) in [7, 11) is 0. The van der Waals surface area contributed by atoms with Gasteiger partial charge in [-0.05, 0) is 38.1 Å². The van der Waals surface area contributed by atoms with Crippen LogP contribution in [0.3, 0.4) is 0 Å². The molecule has 0 radical (unpaired) electrons. The molecule has 0 bridgehead atoms. The van der Waals surface area contributed by atoms with Crippen LogP contribution in [-0.4, -0.2) is 30.5 Å². The molecule has 0 unspecified atom stereocenters. The van der Waals surface area contributed by atoms with Gasteiger partial charge in [-0.1, -0.05) is 12.1 Å². The number of carbonyl (C=O) groups is 1. The van der Waals surface area contributed by atoms with Crippen molar-refractivity contribution >= 4 is 11.7 Å². The van der Waals surface area contributed by atoms with Crippen molar-refractivity contribution in [3.05, 3.63) is 82.9 Å². The lowest BCUT2D eigenvalue weighted by Crippen LogP contribution is -2.18. The Bertz CT molecular complexity index is 1380. The topological polar surface area (TPSA) is 77.6 Å². The van der Waals surface area contributed by atoms with Crippen LogP contribution in [0.1, 0.15) is 32.9 Å². The highest BCUT2D eigenvalue weighted by Gasteiger charge is 2.34. The number of benzene rings is 1. The quantitative estimate of drug-likeness (QED) is 0.388. The first kappa shape index (κ1) is 24.0. The van der Waals surface area contributed by atoms with Gasteiger partial charge < -0.3 is 5.32 Å². The van der Waals surface area contributed by atoms with E-state index < -0.39 is 29.4 Å². The molecule has 1 aromatic carbocycles. The van der Waals surface area contributed by atoms with E-state index in [2.05, 4.69) is 20.5 Å². The van der Waals surface area contributed by atoms with Crippen LogP contribution in [0.2, 0.25) is 0 Å². The Labute approximate surface area is 194 Å². The monoisotopic (exact) mass is 494 g/mol. The van der Waals surface area contributed by atoms with Crippen molar-refractivity contribution in [2.24, 2.45) is 0 Å². The number of hydrogen-bond acceptors (Lipinski definition) is 4. The number of hydrogen-bond donors (Lipinski definition) is 1. The number of aromatic nitrogens is 5. The van der Waals surface area contributed by atoms with Crippen LogP contribution in [0.15, 0.2) is 54.9 Å². The molecule has 0 aliphatic heterocycles. The molecular weight excluding hydrogens is 478 g/mol. The van der Waals surface area contributed by atoms with Crippen LogP contribution in [-0.2, 0) is 12.4 Å². The highest BCUT2D eigenvalue weighted by Crippen LogP contribution is 2.35. The van der Waals surface area contributed by atoms with Gasteiger partial charge in [-0.3, -0.25) is 4.79 Å². The summed E-state index contributed by atoms with van der Waals surface area (Å²) in [6, 6.07) is 8.14. The Balaban J connectivity index is 1.64.